The summed E-state index contributed by atoms with van der Waals surface area (Å²) in [5.74, 6) is 0. The monoisotopic (exact) mass is 138 g/mol. The molecule has 0 aliphatic heterocycles. The number of hydrogen-bond donors (Lipinski definition) is 0. The van der Waals surface area contributed by atoms with Crippen LogP contribution < -0.4 is 0 Å². The molecule has 0 saturated heterocycles. The number of hydrogen-bond acceptors (Lipinski definition) is 0. The summed E-state index contributed by atoms with van der Waals surface area (Å²) in [6.07, 6.45) is 11.5. The van der Waals surface area contributed by atoms with Crippen molar-refractivity contribution in [2.75, 3.05) is 0 Å². The third kappa shape index (κ3) is 7.74. The average Bonchev–Trinajstić information content (AvgIpc) is 1.97. The molecule has 0 nitrogen and oxygen atoms in total. The highest BCUT2D eigenvalue weighted by molar-refractivity contribution is 4.81. The molecule has 0 atom stereocenters. The van der Waals surface area contributed by atoms with Crippen molar-refractivity contribution in [1.82, 2.24) is 0 Å². The topological polar surface area (TPSA) is 0 Å². The van der Waals surface area contributed by atoms with Gasteiger partial charge in [0.2, 0.25) is 0 Å². The lowest BCUT2D eigenvalue weighted by atomic mass is 10.2. The molecule has 0 aromatic carbocycles. The molecule has 0 saturated carbocycles. The first-order chi connectivity index (χ1) is 4.91. The minimum absolute atomic E-state index is 1.02. The molecule has 0 fully saturated rings. The molecule has 0 spiro atoms. The first-order valence-electron chi connectivity index (χ1n) is 4.15. The second-order valence-corrected chi connectivity index (χ2v) is 2.46. The summed E-state index contributed by atoms with van der Waals surface area (Å²) in [7, 11) is 0. The van der Waals surface area contributed by atoms with Crippen molar-refractivity contribution in [3.05, 3.63) is 26.0 Å². The van der Waals surface area contributed by atoms with Crippen LogP contribution in [0, 0.1) is 13.8 Å². The van der Waals surface area contributed by atoms with Gasteiger partial charge in [0, 0.05) is 0 Å². The Labute approximate surface area is 65.3 Å². The van der Waals surface area contributed by atoms with Crippen molar-refractivity contribution in [1.29, 1.82) is 0 Å². The van der Waals surface area contributed by atoms with E-state index in [2.05, 4.69) is 26.0 Å². The van der Waals surface area contributed by atoms with Gasteiger partial charge in [-0.3, -0.25) is 0 Å². The van der Waals surface area contributed by atoms with Crippen molar-refractivity contribution >= 4 is 0 Å². The van der Waals surface area contributed by atoms with Crippen LogP contribution in [0.1, 0.15) is 38.5 Å². The van der Waals surface area contributed by atoms with Gasteiger partial charge >= 0.3 is 0 Å². The highest BCUT2D eigenvalue weighted by atomic mass is 13.9. The average molecular weight is 138 g/mol. The van der Waals surface area contributed by atoms with Gasteiger partial charge in [0.15, 0.2) is 0 Å². The van der Waals surface area contributed by atoms with E-state index in [0.717, 1.165) is 19.3 Å². The van der Waals surface area contributed by atoms with Gasteiger partial charge in [-0.1, -0.05) is 38.8 Å². The second-order valence-electron chi connectivity index (χ2n) is 2.46. The zero-order chi connectivity index (χ0) is 7.66. The quantitative estimate of drug-likeness (QED) is 0.389. The van der Waals surface area contributed by atoms with Crippen LogP contribution in [0.4, 0.5) is 0 Å². The molecule has 0 aromatic rings. The van der Waals surface area contributed by atoms with Crippen molar-refractivity contribution in [2.24, 2.45) is 0 Å². The van der Waals surface area contributed by atoms with Gasteiger partial charge < -0.3 is 0 Å². The molecule has 0 bridgehead atoms. The molecule has 0 N–H and O–H groups in total. The molecule has 58 valence electrons. The van der Waals surface area contributed by atoms with Crippen molar-refractivity contribution < 1.29 is 0 Å². The Morgan fingerprint density at radius 2 is 1.50 bits per heavy atom. The van der Waals surface area contributed by atoms with Crippen LogP contribution in [0.3, 0.4) is 0 Å². The summed E-state index contributed by atoms with van der Waals surface area (Å²) in [6.45, 7) is 7.54. The summed E-state index contributed by atoms with van der Waals surface area (Å²) < 4.78 is 0. The largest absolute Gasteiger partial charge is 0.0885 e. The first kappa shape index (κ1) is 9.74. The molecule has 2 radical (unpaired) electrons. The van der Waals surface area contributed by atoms with E-state index in [1.165, 1.54) is 19.3 Å². The van der Waals surface area contributed by atoms with E-state index in [0.29, 0.717) is 0 Å². The standard InChI is InChI=1S/C10H18/c1-3-5-7-9-10-8-6-4-2/h7,9H,1-6,8,10H2/b9-7+. The molecule has 0 rings (SSSR count). The Bertz CT molecular complexity index is 72.1. The molecule has 0 aromatic heterocycles. The van der Waals surface area contributed by atoms with Gasteiger partial charge in [-0.15, -0.1) is 0 Å². The minimum atomic E-state index is 1.02. The molecule has 10 heavy (non-hydrogen) atoms. The highest BCUT2D eigenvalue weighted by Gasteiger charge is 1.80. The van der Waals surface area contributed by atoms with Gasteiger partial charge in [0.25, 0.3) is 0 Å². The Balaban J connectivity index is 2.88. The maximum atomic E-state index is 3.79. The smallest absolute Gasteiger partial charge is 0.0351 e. The number of allylic oxidation sites excluding steroid dienone is 2. The molecule has 0 amide bonds. The Hall–Kier alpha value is -0.260. The predicted octanol–water partition coefficient (Wildman–Crippen LogP) is 3.55. The van der Waals surface area contributed by atoms with E-state index >= 15 is 0 Å². The maximum Gasteiger partial charge on any atom is -0.0351 e. The van der Waals surface area contributed by atoms with E-state index in [1.807, 2.05) is 0 Å². The van der Waals surface area contributed by atoms with Crippen LogP contribution in [0.25, 0.3) is 0 Å². The van der Waals surface area contributed by atoms with Crippen LogP contribution in [0.5, 0.6) is 0 Å². The molecule has 0 unspecified atom stereocenters. The predicted molar refractivity (Wildman–Crippen MR) is 47.6 cm³/mol. The van der Waals surface area contributed by atoms with Gasteiger partial charge in [0.05, 0.1) is 0 Å². The Kier molecular flexibility index (Phi) is 8.51. The van der Waals surface area contributed by atoms with Gasteiger partial charge in [0.1, 0.15) is 0 Å². The fourth-order valence-corrected chi connectivity index (χ4v) is 0.793. The fourth-order valence-electron chi connectivity index (χ4n) is 0.793. The SMILES string of the molecule is [CH2]CC/C=C/CCCC[CH2]. The van der Waals surface area contributed by atoms with Crippen molar-refractivity contribution in [3.63, 3.8) is 0 Å². The zero-order valence-corrected chi connectivity index (χ0v) is 6.81. The lowest BCUT2D eigenvalue weighted by Crippen LogP contribution is -1.70. The first-order valence-corrected chi connectivity index (χ1v) is 4.15. The number of unbranched alkanes of at least 4 members (excludes halogenated alkanes) is 4. The van der Waals surface area contributed by atoms with E-state index in [-0.39, 0.29) is 0 Å². The summed E-state index contributed by atoms with van der Waals surface area (Å²) in [6, 6.07) is 0. The molecular formula is C10H18. The van der Waals surface area contributed by atoms with Crippen molar-refractivity contribution in [3.8, 4) is 0 Å². The van der Waals surface area contributed by atoms with Crippen LogP contribution in [-0.2, 0) is 0 Å². The summed E-state index contributed by atoms with van der Waals surface area (Å²) in [4.78, 5) is 0. The van der Waals surface area contributed by atoms with Crippen LogP contribution >= 0.6 is 0 Å². The lowest BCUT2D eigenvalue weighted by Gasteiger charge is -1.90. The zero-order valence-electron chi connectivity index (χ0n) is 6.81. The van der Waals surface area contributed by atoms with Crippen LogP contribution in [-0.4, -0.2) is 0 Å². The summed E-state index contributed by atoms with van der Waals surface area (Å²) in [5.41, 5.74) is 0. The number of rotatable bonds is 6. The molecular weight excluding hydrogens is 120 g/mol. The van der Waals surface area contributed by atoms with E-state index < -0.39 is 0 Å². The molecule has 0 aliphatic rings. The van der Waals surface area contributed by atoms with Gasteiger partial charge in [-0.25, -0.2) is 0 Å². The second kappa shape index (κ2) is 8.74. The highest BCUT2D eigenvalue weighted by Crippen LogP contribution is 2.00. The summed E-state index contributed by atoms with van der Waals surface area (Å²) in [5, 5.41) is 0. The third-order valence-corrected chi connectivity index (χ3v) is 1.41. The van der Waals surface area contributed by atoms with E-state index in [9.17, 15) is 0 Å². The van der Waals surface area contributed by atoms with Crippen LogP contribution in [0.2, 0.25) is 0 Å². The molecule has 0 aliphatic carbocycles. The van der Waals surface area contributed by atoms with Gasteiger partial charge in [-0.05, 0) is 25.7 Å². The molecule has 0 heterocycles. The third-order valence-electron chi connectivity index (χ3n) is 1.41. The van der Waals surface area contributed by atoms with E-state index in [1.54, 1.807) is 0 Å². The molecule has 0 heteroatoms. The Morgan fingerprint density at radius 1 is 0.800 bits per heavy atom. The maximum absolute atomic E-state index is 3.79. The van der Waals surface area contributed by atoms with Crippen LogP contribution in [0.15, 0.2) is 12.2 Å². The van der Waals surface area contributed by atoms with Gasteiger partial charge in [-0.2, -0.15) is 0 Å². The summed E-state index contributed by atoms with van der Waals surface area (Å²) >= 11 is 0. The van der Waals surface area contributed by atoms with Crippen molar-refractivity contribution in [2.45, 2.75) is 38.5 Å². The van der Waals surface area contributed by atoms with E-state index in [4.69, 9.17) is 0 Å². The lowest BCUT2D eigenvalue weighted by molar-refractivity contribution is 0.759. The Morgan fingerprint density at radius 3 is 2.10 bits per heavy atom. The minimum Gasteiger partial charge on any atom is -0.0885 e. The fraction of sp³-hybridized carbons (Fsp3) is 0.600. The normalized spacial score (nSPS) is 11.0.